The fraction of sp³-hybridized carbons (Fsp3) is 0.500. The van der Waals surface area contributed by atoms with Crippen LogP contribution in [0, 0.1) is 5.92 Å². The minimum atomic E-state index is -4.46. The Kier molecular flexibility index (Phi) is 4.49. The third-order valence-electron chi connectivity index (χ3n) is 4.39. The van der Waals surface area contributed by atoms with Crippen LogP contribution in [0.15, 0.2) is 24.3 Å². The van der Waals surface area contributed by atoms with Crippen LogP contribution < -0.4 is 10.2 Å². The van der Waals surface area contributed by atoms with E-state index in [1.165, 1.54) is 17.0 Å². The van der Waals surface area contributed by atoms with Gasteiger partial charge in [-0.15, -0.1) is 0 Å². The number of hydrogen-bond acceptors (Lipinski definition) is 3. The fourth-order valence-corrected chi connectivity index (χ4v) is 3.12. The van der Waals surface area contributed by atoms with Crippen LogP contribution in [0.2, 0.25) is 0 Å². The molecular formula is C16H18F3N3O2. The van der Waals surface area contributed by atoms with Gasteiger partial charge in [-0.1, -0.05) is 6.07 Å². The van der Waals surface area contributed by atoms with Crippen LogP contribution in [0.5, 0.6) is 0 Å². The molecule has 1 N–H and O–H groups in total. The summed E-state index contributed by atoms with van der Waals surface area (Å²) in [5.41, 5.74) is -0.616. The second-order valence-corrected chi connectivity index (χ2v) is 6.03. The highest BCUT2D eigenvalue weighted by Crippen LogP contribution is 2.33. The van der Waals surface area contributed by atoms with Gasteiger partial charge in [0, 0.05) is 44.8 Å². The van der Waals surface area contributed by atoms with Crippen LogP contribution in [0.25, 0.3) is 0 Å². The summed E-state index contributed by atoms with van der Waals surface area (Å²) in [6, 6.07) is 4.66. The molecule has 0 radical (unpaired) electrons. The largest absolute Gasteiger partial charge is 0.416 e. The first kappa shape index (κ1) is 16.8. The number of halogens is 3. The Morgan fingerprint density at radius 2 is 1.92 bits per heavy atom. The zero-order chi connectivity index (χ0) is 17.3. The minimum Gasteiger partial charge on any atom is -0.340 e. The molecule has 2 amide bonds. The lowest BCUT2D eigenvalue weighted by molar-refractivity contribution is -0.137. The first-order valence-electron chi connectivity index (χ1n) is 7.83. The zero-order valence-corrected chi connectivity index (χ0v) is 13.0. The first-order valence-corrected chi connectivity index (χ1v) is 7.83. The number of nitrogens with one attached hydrogen (secondary N) is 1. The Balaban J connectivity index is 1.74. The maximum Gasteiger partial charge on any atom is 0.416 e. The van der Waals surface area contributed by atoms with Crippen LogP contribution in [0.3, 0.4) is 0 Å². The number of alkyl halides is 3. The van der Waals surface area contributed by atoms with Crippen LogP contribution in [0.1, 0.15) is 12.0 Å². The summed E-state index contributed by atoms with van der Waals surface area (Å²) in [5.74, 6) is -0.910. The molecular weight excluding hydrogens is 323 g/mol. The number of amides is 2. The molecule has 1 atom stereocenters. The lowest BCUT2D eigenvalue weighted by Gasteiger charge is -2.29. The smallest absolute Gasteiger partial charge is 0.340 e. The van der Waals surface area contributed by atoms with Crippen molar-refractivity contribution >= 4 is 17.5 Å². The highest BCUT2D eigenvalue weighted by Gasteiger charge is 2.38. The molecule has 2 fully saturated rings. The molecule has 1 aromatic carbocycles. The molecule has 0 bridgehead atoms. The van der Waals surface area contributed by atoms with Crippen molar-refractivity contribution in [3.05, 3.63) is 29.8 Å². The van der Waals surface area contributed by atoms with Crippen molar-refractivity contribution in [2.24, 2.45) is 5.92 Å². The average Bonchev–Trinajstić information content (AvgIpc) is 2.96. The second-order valence-electron chi connectivity index (χ2n) is 6.03. The normalized spacial score (nSPS) is 22.1. The molecule has 2 heterocycles. The van der Waals surface area contributed by atoms with Crippen LogP contribution in [-0.4, -0.2) is 49.4 Å². The summed E-state index contributed by atoms with van der Waals surface area (Å²) >= 11 is 0. The number of nitrogens with zero attached hydrogens (tertiary/aromatic N) is 2. The van der Waals surface area contributed by atoms with Crippen molar-refractivity contribution in [3.63, 3.8) is 0 Å². The van der Waals surface area contributed by atoms with Crippen LogP contribution in [-0.2, 0) is 15.8 Å². The Morgan fingerprint density at radius 3 is 2.58 bits per heavy atom. The quantitative estimate of drug-likeness (QED) is 0.887. The Morgan fingerprint density at radius 1 is 1.21 bits per heavy atom. The first-order chi connectivity index (χ1) is 11.4. The molecule has 0 unspecified atom stereocenters. The summed E-state index contributed by atoms with van der Waals surface area (Å²) in [7, 11) is 0. The predicted molar refractivity (Wildman–Crippen MR) is 81.4 cm³/mol. The van der Waals surface area contributed by atoms with E-state index in [9.17, 15) is 22.8 Å². The number of anilines is 1. The van der Waals surface area contributed by atoms with E-state index in [2.05, 4.69) is 5.32 Å². The maximum absolute atomic E-state index is 12.8. The number of rotatable bonds is 2. The van der Waals surface area contributed by atoms with Crippen molar-refractivity contribution in [1.29, 1.82) is 0 Å². The number of benzene rings is 1. The molecule has 0 aliphatic carbocycles. The maximum atomic E-state index is 12.8. The van der Waals surface area contributed by atoms with E-state index in [0.29, 0.717) is 26.2 Å². The highest BCUT2D eigenvalue weighted by molar-refractivity contribution is 6.00. The summed E-state index contributed by atoms with van der Waals surface area (Å²) in [6.07, 6.45) is -4.42. The van der Waals surface area contributed by atoms with Gasteiger partial charge < -0.3 is 15.1 Å². The van der Waals surface area contributed by atoms with Crippen molar-refractivity contribution in [2.75, 3.05) is 37.6 Å². The monoisotopic (exact) mass is 341 g/mol. The third-order valence-corrected chi connectivity index (χ3v) is 4.39. The number of piperazine rings is 1. The van der Waals surface area contributed by atoms with Crippen molar-refractivity contribution in [3.8, 4) is 0 Å². The zero-order valence-electron chi connectivity index (χ0n) is 13.0. The summed E-state index contributed by atoms with van der Waals surface area (Å²) in [6.45, 7) is 2.73. The Hall–Kier alpha value is -2.09. The van der Waals surface area contributed by atoms with E-state index >= 15 is 0 Å². The van der Waals surface area contributed by atoms with Gasteiger partial charge in [0.05, 0.1) is 11.5 Å². The van der Waals surface area contributed by atoms with E-state index in [-0.39, 0.29) is 30.5 Å². The van der Waals surface area contributed by atoms with Gasteiger partial charge in [-0.3, -0.25) is 9.59 Å². The molecule has 2 aliphatic heterocycles. The number of hydrogen-bond donors (Lipinski definition) is 1. The molecule has 3 rings (SSSR count). The summed E-state index contributed by atoms with van der Waals surface area (Å²) < 4.78 is 38.5. The van der Waals surface area contributed by atoms with Gasteiger partial charge in [-0.25, -0.2) is 0 Å². The van der Waals surface area contributed by atoms with Crippen molar-refractivity contribution in [2.45, 2.75) is 12.6 Å². The summed E-state index contributed by atoms with van der Waals surface area (Å²) in [4.78, 5) is 27.7. The van der Waals surface area contributed by atoms with Gasteiger partial charge >= 0.3 is 6.18 Å². The molecule has 8 heteroatoms. The Labute approximate surface area is 137 Å². The van der Waals surface area contributed by atoms with E-state index < -0.39 is 17.7 Å². The third kappa shape index (κ3) is 3.38. The molecule has 2 aliphatic rings. The second kappa shape index (κ2) is 6.43. The van der Waals surface area contributed by atoms with Crippen LogP contribution >= 0.6 is 0 Å². The molecule has 0 saturated carbocycles. The lowest BCUT2D eigenvalue weighted by Crippen LogP contribution is -2.48. The SMILES string of the molecule is O=C([C@H]1CC(=O)N(c2cccc(C(F)(F)F)c2)C1)N1CCNCC1. The highest BCUT2D eigenvalue weighted by atomic mass is 19.4. The number of carbonyl (C=O) groups excluding carboxylic acids is 2. The van der Waals surface area contributed by atoms with E-state index in [1.54, 1.807) is 4.90 Å². The van der Waals surface area contributed by atoms with Crippen molar-refractivity contribution in [1.82, 2.24) is 10.2 Å². The lowest BCUT2D eigenvalue weighted by atomic mass is 10.1. The van der Waals surface area contributed by atoms with Gasteiger partial charge in [0.1, 0.15) is 0 Å². The van der Waals surface area contributed by atoms with Gasteiger partial charge in [0.25, 0.3) is 0 Å². The minimum absolute atomic E-state index is 0.0407. The molecule has 1 aromatic rings. The van der Waals surface area contributed by atoms with Gasteiger partial charge in [-0.05, 0) is 18.2 Å². The average molecular weight is 341 g/mol. The number of carbonyl (C=O) groups is 2. The molecule has 0 aromatic heterocycles. The predicted octanol–water partition coefficient (Wildman–Crippen LogP) is 1.49. The van der Waals surface area contributed by atoms with Gasteiger partial charge in [0.2, 0.25) is 11.8 Å². The molecule has 24 heavy (non-hydrogen) atoms. The molecule has 2 saturated heterocycles. The fourth-order valence-electron chi connectivity index (χ4n) is 3.12. The summed E-state index contributed by atoms with van der Waals surface area (Å²) in [5, 5.41) is 3.15. The van der Waals surface area contributed by atoms with E-state index in [4.69, 9.17) is 0 Å². The topological polar surface area (TPSA) is 52.7 Å². The Bertz CT molecular complexity index is 642. The van der Waals surface area contributed by atoms with E-state index in [1.807, 2.05) is 0 Å². The molecule has 0 spiro atoms. The van der Waals surface area contributed by atoms with E-state index in [0.717, 1.165) is 12.1 Å². The standard InChI is InChI=1S/C16H18F3N3O2/c17-16(18,19)12-2-1-3-13(9-12)22-10-11(8-14(22)23)15(24)21-6-4-20-5-7-21/h1-3,9,11,20H,4-8,10H2/t11-/m0/s1. The molecule has 130 valence electrons. The van der Waals surface area contributed by atoms with Gasteiger partial charge in [-0.2, -0.15) is 13.2 Å². The molecule has 5 nitrogen and oxygen atoms in total. The van der Waals surface area contributed by atoms with Crippen molar-refractivity contribution < 1.29 is 22.8 Å². The van der Waals surface area contributed by atoms with Gasteiger partial charge in [0.15, 0.2) is 0 Å². The van der Waals surface area contributed by atoms with Crippen LogP contribution in [0.4, 0.5) is 18.9 Å².